The van der Waals surface area contributed by atoms with Crippen molar-refractivity contribution < 1.29 is 9.90 Å². The average molecular weight is 282 g/mol. The SMILES string of the molecule is CCC(C)C(C)Nc1nc2c(s1)CCCC2C(=O)O. The van der Waals surface area contributed by atoms with Crippen LogP contribution in [0.5, 0.6) is 0 Å². The number of carbonyl (C=O) groups is 1. The van der Waals surface area contributed by atoms with Gasteiger partial charge in [-0.2, -0.15) is 0 Å². The van der Waals surface area contributed by atoms with Gasteiger partial charge in [0.05, 0.1) is 5.69 Å². The van der Waals surface area contributed by atoms with Gasteiger partial charge in [-0.3, -0.25) is 4.79 Å². The summed E-state index contributed by atoms with van der Waals surface area (Å²) in [6.07, 6.45) is 3.76. The predicted octanol–water partition coefficient (Wildman–Crippen LogP) is 3.49. The number of nitrogens with one attached hydrogen (secondary N) is 1. The number of nitrogens with zero attached hydrogens (tertiary/aromatic N) is 1. The minimum absolute atomic E-state index is 0.362. The van der Waals surface area contributed by atoms with E-state index < -0.39 is 11.9 Å². The number of rotatable bonds is 5. The van der Waals surface area contributed by atoms with Crippen molar-refractivity contribution in [3.8, 4) is 0 Å². The molecular formula is C14H22N2O2S. The Labute approximate surface area is 118 Å². The first-order chi connectivity index (χ1) is 9.02. The zero-order valence-electron chi connectivity index (χ0n) is 11.8. The third-order valence-corrected chi connectivity index (χ3v) is 5.16. The Morgan fingerprint density at radius 1 is 1.58 bits per heavy atom. The second kappa shape index (κ2) is 5.90. The molecule has 0 radical (unpaired) electrons. The maximum absolute atomic E-state index is 11.2. The molecule has 3 unspecified atom stereocenters. The van der Waals surface area contributed by atoms with Crippen molar-refractivity contribution in [2.45, 2.75) is 58.4 Å². The first-order valence-electron chi connectivity index (χ1n) is 7.01. The summed E-state index contributed by atoms with van der Waals surface area (Å²) in [4.78, 5) is 16.9. The molecule has 1 aromatic rings. The Hall–Kier alpha value is -1.10. The summed E-state index contributed by atoms with van der Waals surface area (Å²) in [6, 6.07) is 0.362. The van der Waals surface area contributed by atoms with Gasteiger partial charge in [0.15, 0.2) is 5.13 Å². The second-order valence-corrected chi connectivity index (χ2v) is 6.51. The zero-order chi connectivity index (χ0) is 14.0. The molecule has 0 aliphatic heterocycles. The Balaban J connectivity index is 2.15. The van der Waals surface area contributed by atoms with Crippen LogP contribution in [0.2, 0.25) is 0 Å². The lowest BCUT2D eigenvalue weighted by Crippen LogP contribution is -2.23. The number of hydrogen-bond donors (Lipinski definition) is 2. The van der Waals surface area contributed by atoms with Gasteiger partial charge in [-0.1, -0.05) is 20.3 Å². The van der Waals surface area contributed by atoms with Crippen molar-refractivity contribution in [2.24, 2.45) is 5.92 Å². The van der Waals surface area contributed by atoms with Gasteiger partial charge in [-0.25, -0.2) is 4.98 Å². The molecule has 19 heavy (non-hydrogen) atoms. The van der Waals surface area contributed by atoms with Crippen LogP contribution in [0.3, 0.4) is 0 Å². The van der Waals surface area contributed by atoms with Crippen LogP contribution in [0.25, 0.3) is 0 Å². The highest BCUT2D eigenvalue weighted by molar-refractivity contribution is 7.15. The molecule has 0 saturated heterocycles. The molecule has 0 spiro atoms. The average Bonchev–Trinajstić information content (AvgIpc) is 2.79. The molecule has 2 rings (SSSR count). The van der Waals surface area contributed by atoms with Crippen LogP contribution < -0.4 is 5.32 Å². The van der Waals surface area contributed by atoms with Crippen molar-refractivity contribution in [3.63, 3.8) is 0 Å². The highest BCUT2D eigenvalue weighted by Crippen LogP contribution is 2.37. The van der Waals surface area contributed by atoms with E-state index >= 15 is 0 Å². The van der Waals surface area contributed by atoms with Crippen LogP contribution in [-0.4, -0.2) is 22.1 Å². The summed E-state index contributed by atoms with van der Waals surface area (Å²) < 4.78 is 0. The Morgan fingerprint density at radius 2 is 2.32 bits per heavy atom. The van der Waals surface area contributed by atoms with Crippen LogP contribution in [-0.2, 0) is 11.2 Å². The van der Waals surface area contributed by atoms with E-state index in [4.69, 9.17) is 0 Å². The summed E-state index contributed by atoms with van der Waals surface area (Å²) in [5.74, 6) is -0.571. The van der Waals surface area contributed by atoms with Gasteiger partial charge < -0.3 is 10.4 Å². The van der Waals surface area contributed by atoms with Crippen molar-refractivity contribution in [1.82, 2.24) is 4.98 Å². The van der Waals surface area contributed by atoms with E-state index in [0.717, 1.165) is 35.0 Å². The van der Waals surface area contributed by atoms with E-state index in [-0.39, 0.29) is 0 Å². The van der Waals surface area contributed by atoms with Gasteiger partial charge in [-0.05, 0) is 32.1 Å². The number of fused-ring (bicyclic) bond motifs is 1. The molecule has 4 nitrogen and oxygen atoms in total. The van der Waals surface area contributed by atoms with Crippen molar-refractivity contribution in [2.75, 3.05) is 5.32 Å². The largest absolute Gasteiger partial charge is 0.481 e. The van der Waals surface area contributed by atoms with Crippen LogP contribution in [0.1, 0.15) is 56.5 Å². The predicted molar refractivity (Wildman–Crippen MR) is 78.0 cm³/mol. The Kier molecular flexibility index (Phi) is 4.45. The highest BCUT2D eigenvalue weighted by atomic mass is 32.1. The normalized spacial score (nSPS) is 21.5. The summed E-state index contributed by atoms with van der Waals surface area (Å²) in [5, 5.41) is 13.6. The number of anilines is 1. The van der Waals surface area contributed by atoms with Crippen molar-refractivity contribution in [3.05, 3.63) is 10.6 Å². The first kappa shape index (κ1) is 14.3. The molecule has 5 heteroatoms. The van der Waals surface area contributed by atoms with Gasteiger partial charge in [0, 0.05) is 10.9 Å². The standard InChI is InChI=1S/C14H22N2O2S/c1-4-8(2)9(3)15-14-16-12-10(13(17)18)6-5-7-11(12)19-14/h8-10H,4-7H2,1-3H3,(H,15,16)(H,17,18). The Bertz CT molecular complexity index is 458. The number of aromatic nitrogens is 1. The minimum Gasteiger partial charge on any atom is -0.481 e. The molecule has 0 aromatic carbocycles. The summed E-state index contributed by atoms with van der Waals surface area (Å²) in [7, 11) is 0. The lowest BCUT2D eigenvalue weighted by atomic mass is 9.91. The molecule has 2 N–H and O–H groups in total. The molecule has 1 heterocycles. The number of hydrogen-bond acceptors (Lipinski definition) is 4. The van der Waals surface area contributed by atoms with Gasteiger partial charge in [0.1, 0.15) is 5.92 Å². The number of carboxylic acid groups (broad SMARTS) is 1. The van der Waals surface area contributed by atoms with E-state index in [1.54, 1.807) is 11.3 Å². The lowest BCUT2D eigenvalue weighted by molar-refractivity contribution is -0.139. The van der Waals surface area contributed by atoms with E-state index in [9.17, 15) is 9.90 Å². The third-order valence-electron chi connectivity index (χ3n) is 4.10. The molecular weight excluding hydrogens is 260 g/mol. The fourth-order valence-corrected chi connectivity index (χ4v) is 3.57. The highest BCUT2D eigenvalue weighted by Gasteiger charge is 2.30. The van der Waals surface area contributed by atoms with E-state index in [1.807, 2.05) is 0 Å². The molecule has 106 valence electrons. The third kappa shape index (κ3) is 3.08. The lowest BCUT2D eigenvalue weighted by Gasteiger charge is -2.19. The van der Waals surface area contributed by atoms with E-state index in [1.165, 1.54) is 0 Å². The molecule has 1 aliphatic rings. The number of aryl methyl sites for hydroxylation is 1. The summed E-state index contributed by atoms with van der Waals surface area (Å²) in [5.41, 5.74) is 0.794. The van der Waals surface area contributed by atoms with Crippen LogP contribution in [0.4, 0.5) is 5.13 Å². The number of carboxylic acids is 1. The van der Waals surface area contributed by atoms with Crippen LogP contribution in [0.15, 0.2) is 0 Å². The molecule has 1 aliphatic carbocycles. The number of thiazole rings is 1. The fraction of sp³-hybridized carbons (Fsp3) is 0.714. The second-order valence-electron chi connectivity index (χ2n) is 5.43. The summed E-state index contributed by atoms with van der Waals surface area (Å²) >= 11 is 1.63. The van der Waals surface area contributed by atoms with Crippen LogP contribution in [0, 0.1) is 5.92 Å². The van der Waals surface area contributed by atoms with Crippen molar-refractivity contribution in [1.29, 1.82) is 0 Å². The molecule has 0 saturated carbocycles. The summed E-state index contributed by atoms with van der Waals surface area (Å²) in [6.45, 7) is 6.55. The monoisotopic (exact) mass is 282 g/mol. The maximum atomic E-state index is 11.2. The molecule has 3 atom stereocenters. The van der Waals surface area contributed by atoms with E-state index in [2.05, 4.69) is 31.1 Å². The molecule has 0 amide bonds. The molecule has 0 bridgehead atoms. The smallest absolute Gasteiger partial charge is 0.312 e. The zero-order valence-corrected chi connectivity index (χ0v) is 12.6. The fourth-order valence-electron chi connectivity index (χ4n) is 2.41. The molecule has 0 fully saturated rings. The Morgan fingerprint density at radius 3 is 2.95 bits per heavy atom. The number of aliphatic carboxylic acids is 1. The van der Waals surface area contributed by atoms with Gasteiger partial charge in [0.25, 0.3) is 0 Å². The van der Waals surface area contributed by atoms with Crippen molar-refractivity contribution >= 4 is 22.4 Å². The minimum atomic E-state index is -0.743. The van der Waals surface area contributed by atoms with E-state index in [0.29, 0.717) is 18.4 Å². The quantitative estimate of drug-likeness (QED) is 0.867. The van der Waals surface area contributed by atoms with Gasteiger partial charge in [0.2, 0.25) is 0 Å². The van der Waals surface area contributed by atoms with Gasteiger partial charge >= 0.3 is 5.97 Å². The topological polar surface area (TPSA) is 62.2 Å². The first-order valence-corrected chi connectivity index (χ1v) is 7.83. The molecule has 1 aromatic heterocycles. The van der Waals surface area contributed by atoms with Crippen LogP contribution >= 0.6 is 11.3 Å². The van der Waals surface area contributed by atoms with Gasteiger partial charge in [-0.15, -0.1) is 11.3 Å². The maximum Gasteiger partial charge on any atom is 0.312 e.